The number of halogens is 2. The quantitative estimate of drug-likeness (QED) is 0.713. The predicted molar refractivity (Wildman–Crippen MR) is 86.1 cm³/mol. The molecule has 3 aromatic rings. The lowest BCUT2D eigenvalue weighted by Gasteiger charge is -2.05. The molecule has 0 saturated carbocycles. The smallest absolute Gasteiger partial charge is 0.336 e. The summed E-state index contributed by atoms with van der Waals surface area (Å²) in [6.45, 7) is 0. The van der Waals surface area contributed by atoms with Crippen molar-refractivity contribution in [2.24, 2.45) is 0 Å². The Balaban J connectivity index is 2.11. The molecule has 0 fully saturated rings. The van der Waals surface area contributed by atoms with Crippen molar-refractivity contribution < 1.29 is 9.53 Å². The molecule has 0 spiro atoms. The second kappa shape index (κ2) is 6.08. The van der Waals surface area contributed by atoms with Crippen molar-refractivity contribution in [2.75, 3.05) is 7.11 Å². The summed E-state index contributed by atoms with van der Waals surface area (Å²) in [7, 11) is 1.44. The van der Waals surface area contributed by atoms with Gasteiger partial charge in [-0.1, -0.05) is 29.3 Å². The van der Waals surface area contributed by atoms with Crippen LogP contribution in [0.5, 0.6) is 6.01 Å². The van der Waals surface area contributed by atoms with Crippen LogP contribution in [0.25, 0.3) is 10.7 Å². The molecule has 0 radical (unpaired) electrons. The molecule has 0 aliphatic heterocycles. The van der Waals surface area contributed by atoms with Gasteiger partial charge in [0.05, 0.1) is 22.6 Å². The maximum atomic E-state index is 12.7. The van der Waals surface area contributed by atoms with Gasteiger partial charge in [-0.25, -0.2) is 0 Å². The second-order valence-electron chi connectivity index (χ2n) is 4.24. The zero-order chi connectivity index (χ0) is 15.7. The topological polar surface area (TPSA) is 57.0 Å². The minimum Gasteiger partial charge on any atom is -0.466 e. The number of thiophene rings is 1. The van der Waals surface area contributed by atoms with E-state index in [0.717, 1.165) is 4.88 Å². The average molecular weight is 354 g/mol. The highest BCUT2D eigenvalue weighted by Crippen LogP contribution is 2.27. The zero-order valence-corrected chi connectivity index (χ0v) is 13.6. The lowest BCUT2D eigenvalue weighted by molar-refractivity contribution is 0.0945. The summed E-state index contributed by atoms with van der Waals surface area (Å²) in [4.78, 5) is 17.7. The molecule has 22 heavy (non-hydrogen) atoms. The Morgan fingerprint density at radius 3 is 2.77 bits per heavy atom. The summed E-state index contributed by atoms with van der Waals surface area (Å²) in [5.74, 6) is 0.00346. The fourth-order valence-electron chi connectivity index (χ4n) is 1.86. The molecule has 0 atom stereocenters. The predicted octanol–water partition coefficient (Wildman–Crippen LogP) is 4.01. The third-order valence-electron chi connectivity index (χ3n) is 2.87. The molecule has 0 bridgehead atoms. The molecule has 1 aromatic carbocycles. The lowest BCUT2D eigenvalue weighted by atomic mass is 10.2. The van der Waals surface area contributed by atoms with Crippen molar-refractivity contribution in [1.29, 1.82) is 0 Å². The number of nitrogens with zero attached hydrogens (tertiary/aromatic N) is 3. The van der Waals surface area contributed by atoms with E-state index >= 15 is 0 Å². The number of benzene rings is 1. The van der Waals surface area contributed by atoms with Crippen LogP contribution in [0.4, 0.5) is 0 Å². The van der Waals surface area contributed by atoms with Crippen molar-refractivity contribution in [2.45, 2.75) is 0 Å². The van der Waals surface area contributed by atoms with E-state index in [4.69, 9.17) is 27.9 Å². The van der Waals surface area contributed by atoms with Crippen LogP contribution in [0.2, 0.25) is 10.0 Å². The van der Waals surface area contributed by atoms with Crippen LogP contribution in [0, 0.1) is 0 Å². The second-order valence-corrected chi connectivity index (χ2v) is 6.03. The number of carbonyl (C=O) groups is 1. The van der Waals surface area contributed by atoms with Gasteiger partial charge in [0, 0.05) is 5.02 Å². The van der Waals surface area contributed by atoms with Crippen molar-refractivity contribution in [3.05, 3.63) is 51.3 Å². The molecule has 0 unspecified atom stereocenters. The number of hydrogen-bond donors (Lipinski definition) is 0. The number of rotatable bonds is 3. The van der Waals surface area contributed by atoms with Crippen molar-refractivity contribution in [3.63, 3.8) is 0 Å². The van der Waals surface area contributed by atoms with Gasteiger partial charge in [0.15, 0.2) is 5.82 Å². The summed E-state index contributed by atoms with van der Waals surface area (Å²) in [6, 6.07) is 8.49. The first-order valence-electron chi connectivity index (χ1n) is 6.15. The molecule has 0 aliphatic carbocycles. The van der Waals surface area contributed by atoms with Gasteiger partial charge in [0.2, 0.25) is 0 Å². The Morgan fingerprint density at radius 2 is 2.14 bits per heavy atom. The van der Waals surface area contributed by atoms with E-state index in [9.17, 15) is 4.79 Å². The Bertz CT molecular complexity index is 831. The van der Waals surface area contributed by atoms with E-state index in [-0.39, 0.29) is 16.6 Å². The zero-order valence-electron chi connectivity index (χ0n) is 11.3. The van der Waals surface area contributed by atoms with E-state index in [0.29, 0.717) is 10.8 Å². The van der Waals surface area contributed by atoms with E-state index in [1.807, 2.05) is 17.5 Å². The SMILES string of the molecule is COc1nc(-c2cccs2)n(C(=O)c2ccc(Cl)cc2Cl)n1. The van der Waals surface area contributed by atoms with Gasteiger partial charge in [-0.2, -0.15) is 9.67 Å². The number of aromatic nitrogens is 3. The lowest BCUT2D eigenvalue weighted by Crippen LogP contribution is -2.15. The summed E-state index contributed by atoms with van der Waals surface area (Å²) in [5.41, 5.74) is 0.288. The fourth-order valence-corrected chi connectivity index (χ4v) is 3.05. The molecule has 0 aliphatic rings. The Hall–Kier alpha value is -1.89. The molecule has 112 valence electrons. The molecule has 8 heteroatoms. The Morgan fingerprint density at radius 1 is 1.32 bits per heavy atom. The maximum Gasteiger partial charge on any atom is 0.336 e. The van der Waals surface area contributed by atoms with Crippen LogP contribution in [0.3, 0.4) is 0 Å². The first kappa shape index (κ1) is 15.0. The van der Waals surface area contributed by atoms with Crippen molar-refractivity contribution in [1.82, 2.24) is 14.8 Å². The van der Waals surface area contributed by atoms with Crippen LogP contribution in [0.1, 0.15) is 10.4 Å². The minimum atomic E-state index is -0.402. The van der Waals surface area contributed by atoms with E-state index in [1.165, 1.54) is 29.2 Å². The normalized spacial score (nSPS) is 10.7. The van der Waals surface area contributed by atoms with E-state index < -0.39 is 5.91 Å². The standard InChI is InChI=1S/C14H9Cl2N3O2S/c1-21-14-17-12(11-3-2-6-22-11)19(18-14)13(20)9-5-4-8(15)7-10(9)16/h2-7H,1H3. The summed E-state index contributed by atoms with van der Waals surface area (Å²) < 4.78 is 6.20. The van der Waals surface area contributed by atoms with Crippen LogP contribution >= 0.6 is 34.5 Å². The number of carbonyl (C=O) groups excluding carboxylic acids is 1. The fraction of sp³-hybridized carbons (Fsp3) is 0.0714. The van der Waals surface area contributed by atoms with Gasteiger partial charge in [0.25, 0.3) is 5.91 Å². The van der Waals surface area contributed by atoms with Crippen LogP contribution in [-0.2, 0) is 0 Å². The highest BCUT2D eigenvalue weighted by Gasteiger charge is 2.22. The summed E-state index contributed by atoms with van der Waals surface area (Å²) in [6.07, 6.45) is 0. The molecule has 2 heterocycles. The number of hydrogen-bond acceptors (Lipinski definition) is 5. The van der Waals surface area contributed by atoms with Gasteiger partial charge in [-0.05, 0) is 29.6 Å². The van der Waals surface area contributed by atoms with Crippen LogP contribution < -0.4 is 4.74 Å². The summed E-state index contributed by atoms with van der Waals surface area (Å²) in [5, 5.41) is 6.67. The molecule has 0 amide bonds. The minimum absolute atomic E-state index is 0.113. The third-order valence-corrected chi connectivity index (χ3v) is 4.28. The Labute approximate surface area is 140 Å². The third kappa shape index (κ3) is 2.72. The monoisotopic (exact) mass is 353 g/mol. The van der Waals surface area contributed by atoms with Crippen molar-refractivity contribution in [3.8, 4) is 16.7 Å². The van der Waals surface area contributed by atoms with E-state index in [2.05, 4.69) is 10.1 Å². The van der Waals surface area contributed by atoms with Gasteiger partial charge in [0.1, 0.15) is 0 Å². The first-order valence-corrected chi connectivity index (χ1v) is 7.78. The van der Waals surface area contributed by atoms with Gasteiger partial charge >= 0.3 is 6.01 Å². The van der Waals surface area contributed by atoms with E-state index in [1.54, 1.807) is 12.1 Å². The molecule has 2 aromatic heterocycles. The highest BCUT2D eigenvalue weighted by atomic mass is 35.5. The number of ether oxygens (including phenoxy) is 1. The maximum absolute atomic E-state index is 12.7. The molecule has 5 nitrogen and oxygen atoms in total. The van der Waals surface area contributed by atoms with Crippen LogP contribution in [0.15, 0.2) is 35.7 Å². The largest absolute Gasteiger partial charge is 0.466 e. The first-order chi connectivity index (χ1) is 10.6. The molecular formula is C14H9Cl2N3O2S. The van der Waals surface area contributed by atoms with Gasteiger partial charge in [-0.15, -0.1) is 16.4 Å². The molecule has 0 N–H and O–H groups in total. The average Bonchev–Trinajstić information content (AvgIpc) is 3.15. The highest BCUT2D eigenvalue weighted by molar-refractivity contribution is 7.13. The van der Waals surface area contributed by atoms with Gasteiger partial charge < -0.3 is 4.74 Å². The molecule has 0 saturated heterocycles. The van der Waals surface area contributed by atoms with Crippen LogP contribution in [-0.4, -0.2) is 27.8 Å². The molecule has 3 rings (SSSR count). The molecular weight excluding hydrogens is 345 g/mol. The Kier molecular flexibility index (Phi) is 4.15. The van der Waals surface area contributed by atoms with Crippen molar-refractivity contribution >= 4 is 40.4 Å². The van der Waals surface area contributed by atoms with Gasteiger partial charge in [-0.3, -0.25) is 4.79 Å². The number of methoxy groups -OCH3 is 1. The summed E-state index contributed by atoms with van der Waals surface area (Å²) >= 11 is 13.4.